The Morgan fingerprint density at radius 3 is 2.96 bits per heavy atom. The molecule has 0 aromatic carbocycles. The molecule has 0 aliphatic heterocycles. The van der Waals surface area contributed by atoms with Crippen molar-refractivity contribution in [2.75, 3.05) is 0 Å². The van der Waals surface area contributed by atoms with E-state index in [-0.39, 0.29) is 18.2 Å². The van der Waals surface area contributed by atoms with Gasteiger partial charge in [0.2, 0.25) is 11.7 Å². The van der Waals surface area contributed by atoms with Gasteiger partial charge in [-0.3, -0.25) is 9.78 Å². The summed E-state index contributed by atoms with van der Waals surface area (Å²) in [4.78, 5) is 20.4. The smallest absolute Gasteiger partial charge is 0.287 e. The maximum atomic E-state index is 12.1. The number of aryl methyl sites for hydroxylation is 1. The molecule has 9 nitrogen and oxygen atoms in total. The lowest BCUT2D eigenvalue weighted by molar-refractivity contribution is 0.0920. The van der Waals surface area contributed by atoms with Crippen molar-refractivity contribution in [1.29, 1.82) is 0 Å². The Morgan fingerprint density at radius 2 is 2.17 bits per heavy atom. The number of carbonyl (C=O) groups excluding carboxylic acids is 1. The van der Waals surface area contributed by atoms with Crippen LogP contribution in [0.25, 0.3) is 22.6 Å². The molecule has 0 fully saturated rings. The van der Waals surface area contributed by atoms with Gasteiger partial charge in [-0.05, 0) is 19.1 Å². The number of nitrogens with one attached hydrogen (secondary N) is 1. The van der Waals surface area contributed by atoms with E-state index < -0.39 is 5.91 Å². The summed E-state index contributed by atoms with van der Waals surface area (Å²) in [6.07, 6.45) is 1.63. The number of carbonyl (C=O) groups is 1. The van der Waals surface area contributed by atoms with E-state index in [4.69, 9.17) is 13.5 Å². The first kappa shape index (κ1) is 14.1. The summed E-state index contributed by atoms with van der Waals surface area (Å²) in [5.74, 6) is 0.945. The van der Waals surface area contributed by atoms with Gasteiger partial charge in [-0.15, -0.1) is 0 Å². The molecular weight excluding hydrogens is 314 g/mol. The molecule has 0 aliphatic carbocycles. The summed E-state index contributed by atoms with van der Waals surface area (Å²) in [6.45, 7) is 1.83. The van der Waals surface area contributed by atoms with Crippen molar-refractivity contribution in [1.82, 2.24) is 25.6 Å². The summed E-state index contributed by atoms with van der Waals surface area (Å²) < 4.78 is 15.5. The zero-order valence-corrected chi connectivity index (χ0v) is 12.5. The van der Waals surface area contributed by atoms with Crippen LogP contribution in [0.5, 0.6) is 0 Å². The zero-order valence-electron chi connectivity index (χ0n) is 12.5. The van der Waals surface area contributed by atoms with Crippen molar-refractivity contribution < 1.29 is 18.3 Å². The molecule has 4 heterocycles. The fourth-order valence-corrected chi connectivity index (χ4v) is 2.13. The average Bonchev–Trinajstić information content (AvgIpc) is 3.31. The van der Waals surface area contributed by atoms with Crippen LogP contribution in [0.4, 0.5) is 0 Å². The van der Waals surface area contributed by atoms with Gasteiger partial charge >= 0.3 is 0 Å². The topological polar surface area (TPSA) is 120 Å². The molecule has 120 valence electrons. The first-order valence-electron chi connectivity index (χ1n) is 7.08. The predicted octanol–water partition coefficient (Wildman–Crippen LogP) is 2.10. The van der Waals surface area contributed by atoms with Crippen LogP contribution in [0.15, 0.2) is 43.9 Å². The third-order valence-electron chi connectivity index (χ3n) is 3.24. The van der Waals surface area contributed by atoms with Crippen LogP contribution >= 0.6 is 0 Å². The number of pyridine rings is 1. The number of fused-ring (bicyclic) bond motifs is 1. The normalized spacial score (nSPS) is 11.0. The van der Waals surface area contributed by atoms with Crippen molar-refractivity contribution in [2.24, 2.45) is 0 Å². The Hall–Kier alpha value is -3.49. The van der Waals surface area contributed by atoms with E-state index in [9.17, 15) is 4.79 Å². The Kier molecular flexibility index (Phi) is 3.30. The van der Waals surface area contributed by atoms with Gasteiger partial charge in [-0.1, -0.05) is 10.3 Å². The molecule has 4 aromatic rings. The highest BCUT2D eigenvalue weighted by Crippen LogP contribution is 2.17. The Balaban J connectivity index is 1.44. The lowest BCUT2D eigenvalue weighted by atomic mass is 10.3. The van der Waals surface area contributed by atoms with E-state index >= 15 is 0 Å². The number of rotatable bonds is 4. The number of aromatic nitrogens is 4. The minimum atomic E-state index is -0.398. The third-order valence-corrected chi connectivity index (χ3v) is 3.24. The third kappa shape index (κ3) is 2.62. The minimum absolute atomic E-state index is 0.0626. The largest absolute Gasteiger partial charge is 0.449 e. The summed E-state index contributed by atoms with van der Waals surface area (Å²) in [5.41, 5.74) is 1.63. The molecule has 0 bridgehead atoms. The standard InChI is InChI=1S/C15H11N5O4/c1-8-5-10(19-23-8)14-18-13(24-20-14)7-17-15(21)12-6-9-11(22-12)3-2-4-16-9/h2-6H,7H2,1H3,(H,17,21). The quantitative estimate of drug-likeness (QED) is 0.605. The number of amides is 1. The molecule has 0 saturated heterocycles. The average molecular weight is 325 g/mol. The van der Waals surface area contributed by atoms with Gasteiger partial charge < -0.3 is 18.8 Å². The van der Waals surface area contributed by atoms with E-state index in [0.717, 1.165) is 0 Å². The van der Waals surface area contributed by atoms with E-state index in [1.165, 1.54) is 0 Å². The Morgan fingerprint density at radius 1 is 1.25 bits per heavy atom. The van der Waals surface area contributed by atoms with Crippen molar-refractivity contribution in [2.45, 2.75) is 13.5 Å². The molecular formula is C15H11N5O4. The van der Waals surface area contributed by atoms with Crippen molar-refractivity contribution in [3.63, 3.8) is 0 Å². The molecule has 0 aliphatic rings. The van der Waals surface area contributed by atoms with Crippen molar-refractivity contribution in [3.05, 3.63) is 47.9 Å². The predicted molar refractivity (Wildman–Crippen MR) is 79.7 cm³/mol. The molecule has 0 spiro atoms. The summed E-state index contributed by atoms with van der Waals surface area (Å²) in [6, 6.07) is 6.74. The van der Waals surface area contributed by atoms with Crippen LogP contribution in [0.1, 0.15) is 22.2 Å². The second-order valence-corrected chi connectivity index (χ2v) is 5.01. The molecule has 4 rings (SSSR count). The minimum Gasteiger partial charge on any atom is -0.449 e. The molecule has 0 atom stereocenters. The number of furan rings is 1. The van der Waals surface area contributed by atoms with Gasteiger partial charge in [0.15, 0.2) is 17.0 Å². The summed E-state index contributed by atoms with van der Waals surface area (Å²) in [7, 11) is 0. The van der Waals surface area contributed by atoms with Gasteiger partial charge in [-0.2, -0.15) is 4.98 Å². The van der Waals surface area contributed by atoms with Gasteiger partial charge in [0.25, 0.3) is 5.91 Å². The van der Waals surface area contributed by atoms with Crippen LogP contribution in [-0.2, 0) is 6.54 Å². The molecule has 1 amide bonds. The van der Waals surface area contributed by atoms with E-state index in [2.05, 4.69) is 25.6 Å². The van der Waals surface area contributed by atoms with Crippen LogP contribution in [0.3, 0.4) is 0 Å². The Bertz CT molecular complexity index is 983. The maximum Gasteiger partial charge on any atom is 0.287 e. The summed E-state index contributed by atoms with van der Waals surface area (Å²) in [5, 5.41) is 10.2. The molecule has 1 N–H and O–H groups in total. The van der Waals surface area contributed by atoms with Crippen LogP contribution in [0, 0.1) is 6.92 Å². The molecule has 0 unspecified atom stereocenters. The van der Waals surface area contributed by atoms with Crippen molar-refractivity contribution >= 4 is 17.0 Å². The fourth-order valence-electron chi connectivity index (χ4n) is 2.13. The van der Waals surface area contributed by atoms with Gasteiger partial charge in [0.1, 0.15) is 11.3 Å². The highest BCUT2D eigenvalue weighted by Gasteiger charge is 2.16. The van der Waals surface area contributed by atoms with Gasteiger partial charge in [0.05, 0.1) is 6.54 Å². The molecule has 4 aromatic heterocycles. The lowest BCUT2D eigenvalue weighted by Gasteiger charge is -1.97. The molecule has 0 saturated carbocycles. The SMILES string of the molecule is Cc1cc(-c2noc(CNC(=O)c3cc4ncccc4o3)n2)no1. The zero-order chi connectivity index (χ0) is 16.5. The first-order valence-corrected chi connectivity index (χ1v) is 7.08. The maximum absolute atomic E-state index is 12.1. The molecule has 9 heteroatoms. The van der Waals surface area contributed by atoms with E-state index in [0.29, 0.717) is 28.4 Å². The first-order chi connectivity index (χ1) is 11.7. The number of hydrogen-bond donors (Lipinski definition) is 1. The second-order valence-electron chi connectivity index (χ2n) is 5.01. The van der Waals surface area contributed by atoms with Crippen molar-refractivity contribution in [3.8, 4) is 11.5 Å². The van der Waals surface area contributed by atoms with Crippen LogP contribution < -0.4 is 5.32 Å². The van der Waals surface area contributed by atoms with Gasteiger partial charge in [-0.25, -0.2) is 0 Å². The van der Waals surface area contributed by atoms with Crippen LogP contribution in [0.2, 0.25) is 0 Å². The van der Waals surface area contributed by atoms with Gasteiger partial charge in [0, 0.05) is 18.3 Å². The number of hydrogen-bond acceptors (Lipinski definition) is 8. The monoisotopic (exact) mass is 325 g/mol. The Labute approximate surface area is 134 Å². The lowest BCUT2D eigenvalue weighted by Crippen LogP contribution is -2.22. The van der Waals surface area contributed by atoms with E-state index in [1.807, 2.05) is 0 Å². The molecule has 0 radical (unpaired) electrons. The van der Waals surface area contributed by atoms with Crippen LogP contribution in [-0.4, -0.2) is 26.2 Å². The fraction of sp³-hybridized carbons (Fsp3) is 0.133. The summed E-state index contributed by atoms with van der Waals surface area (Å²) >= 11 is 0. The number of nitrogens with zero attached hydrogens (tertiary/aromatic N) is 4. The molecule has 24 heavy (non-hydrogen) atoms. The highest BCUT2D eigenvalue weighted by molar-refractivity contribution is 5.95. The van der Waals surface area contributed by atoms with E-state index in [1.54, 1.807) is 37.4 Å². The highest BCUT2D eigenvalue weighted by atomic mass is 16.5. The second kappa shape index (κ2) is 5.61.